The van der Waals surface area contributed by atoms with Gasteiger partial charge in [0, 0.05) is 17.5 Å². The molecule has 17 heavy (non-hydrogen) atoms. The van der Waals surface area contributed by atoms with Crippen molar-refractivity contribution < 1.29 is 0 Å². The van der Waals surface area contributed by atoms with Crippen molar-refractivity contribution in [2.24, 2.45) is 0 Å². The van der Waals surface area contributed by atoms with E-state index in [4.69, 9.17) is 0 Å². The Labute approximate surface area is 98.9 Å². The molecule has 0 fully saturated rings. The Bertz CT molecular complexity index is 647. The van der Waals surface area contributed by atoms with E-state index < -0.39 is 0 Å². The van der Waals surface area contributed by atoms with Gasteiger partial charge in [0.15, 0.2) is 0 Å². The number of aromatic nitrogens is 1. The van der Waals surface area contributed by atoms with Gasteiger partial charge >= 0.3 is 0 Å². The minimum Gasteiger partial charge on any atom is -0.806 e. The van der Waals surface area contributed by atoms with Gasteiger partial charge in [-0.2, -0.15) is 0 Å². The van der Waals surface area contributed by atoms with Crippen molar-refractivity contribution >= 4 is 16.6 Å². The minimum absolute atomic E-state index is 0.704. The van der Waals surface area contributed by atoms with Crippen molar-refractivity contribution in [3.8, 4) is 0 Å². The van der Waals surface area contributed by atoms with Crippen molar-refractivity contribution in [3.05, 3.63) is 71.7 Å². The molecule has 1 aliphatic rings. The van der Waals surface area contributed by atoms with Crippen molar-refractivity contribution in [3.63, 3.8) is 0 Å². The van der Waals surface area contributed by atoms with Crippen LogP contribution in [0, 0.1) is 5.21 Å². The molecule has 0 saturated carbocycles. The molecule has 3 nitrogen and oxygen atoms in total. The quantitative estimate of drug-likeness (QED) is 0.807. The van der Waals surface area contributed by atoms with Crippen molar-refractivity contribution in [1.29, 1.82) is 0 Å². The highest BCUT2D eigenvalue weighted by Crippen LogP contribution is 2.25. The topological polar surface area (TPSA) is 40.0 Å². The fourth-order valence-electron chi connectivity index (χ4n) is 2.01. The zero-order valence-corrected chi connectivity index (χ0v) is 9.13. The molecule has 1 aromatic heterocycles. The highest BCUT2D eigenvalue weighted by Gasteiger charge is 2.06. The first-order valence-corrected chi connectivity index (χ1v) is 5.44. The molecule has 0 radical (unpaired) electrons. The second-order valence-corrected chi connectivity index (χ2v) is 3.85. The molecule has 0 spiro atoms. The van der Waals surface area contributed by atoms with Gasteiger partial charge in [0.05, 0.1) is 5.52 Å². The Morgan fingerprint density at radius 3 is 2.94 bits per heavy atom. The van der Waals surface area contributed by atoms with Gasteiger partial charge in [-0.25, -0.2) is 0 Å². The highest BCUT2D eigenvalue weighted by atomic mass is 16.5. The summed E-state index contributed by atoms with van der Waals surface area (Å²) in [6.07, 6.45) is 11.2. The van der Waals surface area contributed by atoms with Crippen LogP contribution in [0.5, 0.6) is 0 Å². The molecular formula is C14H11N2O-. The number of fused-ring (bicyclic) bond motifs is 1. The smallest absolute Gasteiger partial charge is 0.0527 e. The minimum atomic E-state index is 0.704. The lowest BCUT2D eigenvalue weighted by atomic mass is 10.1. The van der Waals surface area contributed by atoms with Gasteiger partial charge in [-0.3, -0.25) is 0 Å². The first kappa shape index (κ1) is 9.78. The van der Waals surface area contributed by atoms with E-state index in [0.29, 0.717) is 5.52 Å². The van der Waals surface area contributed by atoms with E-state index in [-0.39, 0.29) is 0 Å². The predicted molar refractivity (Wildman–Crippen MR) is 70.1 cm³/mol. The number of nitrogens with one attached hydrogen (secondary N) is 1. The highest BCUT2D eigenvalue weighted by molar-refractivity contribution is 5.92. The Morgan fingerprint density at radius 1 is 1.06 bits per heavy atom. The summed E-state index contributed by atoms with van der Waals surface area (Å²) in [5, 5.41) is 15.9. The largest absolute Gasteiger partial charge is 0.806 e. The molecule has 1 aromatic carbocycles. The number of rotatable bonds is 1. The van der Waals surface area contributed by atoms with Crippen LogP contribution >= 0.6 is 0 Å². The van der Waals surface area contributed by atoms with Gasteiger partial charge in [0.1, 0.15) is 0 Å². The fourth-order valence-corrected chi connectivity index (χ4v) is 2.01. The Kier molecular flexibility index (Phi) is 2.22. The summed E-state index contributed by atoms with van der Waals surface area (Å²) in [4.78, 5) is 0. The lowest BCUT2D eigenvalue weighted by Gasteiger charge is -2.14. The van der Waals surface area contributed by atoms with Gasteiger partial charge in [-0.05, 0) is 29.8 Å². The molecule has 84 valence electrons. The average Bonchev–Trinajstić information content (AvgIpc) is 2.59. The van der Waals surface area contributed by atoms with E-state index >= 15 is 0 Å². The van der Waals surface area contributed by atoms with Crippen LogP contribution in [0.3, 0.4) is 0 Å². The molecular weight excluding hydrogens is 212 g/mol. The summed E-state index contributed by atoms with van der Waals surface area (Å²) in [6.45, 7) is 0. The van der Waals surface area contributed by atoms with Crippen molar-refractivity contribution in [2.75, 3.05) is 0 Å². The third-order valence-corrected chi connectivity index (χ3v) is 2.79. The Balaban J connectivity index is 2.23. The van der Waals surface area contributed by atoms with E-state index in [2.05, 4.69) is 5.32 Å². The maximum absolute atomic E-state index is 11.8. The maximum Gasteiger partial charge on any atom is 0.0527 e. The van der Waals surface area contributed by atoms with Gasteiger partial charge < -0.3 is 15.3 Å². The SMILES string of the molecule is [O-]n1ccc2cccc(C3=CC=CC=CN3)c21. The molecule has 2 heterocycles. The second kappa shape index (κ2) is 3.87. The molecule has 0 bridgehead atoms. The predicted octanol–water partition coefficient (Wildman–Crippen LogP) is 3.00. The molecule has 1 aliphatic heterocycles. The first-order valence-electron chi connectivity index (χ1n) is 5.44. The molecule has 0 saturated heterocycles. The molecule has 0 unspecified atom stereocenters. The van der Waals surface area contributed by atoms with E-state index in [0.717, 1.165) is 21.4 Å². The Hall–Kier alpha value is -2.42. The molecule has 0 aliphatic carbocycles. The first-order chi connectivity index (χ1) is 8.36. The van der Waals surface area contributed by atoms with E-state index in [1.807, 2.05) is 54.8 Å². The molecule has 2 aromatic rings. The van der Waals surface area contributed by atoms with Crippen LogP contribution in [0.25, 0.3) is 16.6 Å². The molecule has 0 atom stereocenters. The van der Waals surface area contributed by atoms with E-state index in [1.165, 1.54) is 6.20 Å². The van der Waals surface area contributed by atoms with Crippen LogP contribution in [-0.2, 0) is 0 Å². The standard InChI is InChI=1S/C14H11N2O/c17-16-10-8-11-5-4-6-12(14(11)16)13-7-2-1-3-9-15-13/h1-10,15H/q-1. The molecule has 0 amide bonds. The molecule has 1 N–H and O–H groups in total. The number of benzene rings is 1. The lowest BCUT2D eigenvalue weighted by molar-refractivity contribution is 1.14. The normalized spacial score (nSPS) is 14.5. The number of para-hydroxylation sites is 1. The summed E-state index contributed by atoms with van der Waals surface area (Å²) in [7, 11) is 0. The number of hydrogen-bond donors (Lipinski definition) is 1. The second-order valence-electron chi connectivity index (χ2n) is 3.85. The van der Waals surface area contributed by atoms with Crippen molar-refractivity contribution in [2.45, 2.75) is 0 Å². The summed E-state index contributed by atoms with van der Waals surface area (Å²) in [5.74, 6) is 0. The fraction of sp³-hybridized carbons (Fsp3) is 0. The van der Waals surface area contributed by atoms with Crippen LogP contribution in [0.15, 0.2) is 61.0 Å². The van der Waals surface area contributed by atoms with Gasteiger partial charge in [-0.1, -0.05) is 30.4 Å². The number of allylic oxidation sites excluding steroid dienone is 4. The Morgan fingerprint density at radius 2 is 2.00 bits per heavy atom. The van der Waals surface area contributed by atoms with Crippen LogP contribution in [-0.4, -0.2) is 4.73 Å². The third kappa shape index (κ3) is 1.61. The van der Waals surface area contributed by atoms with Gasteiger partial charge in [0.2, 0.25) is 0 Å². The third-order valence-electron chi connectivity index (χ3n) is 2.79. The number of nitrogens with zero attached hydrogens (tertiary/aromatic N) is 1. The van der Waals surface area contributed by atoms with Gasteiger partial charge in [-0.15, -0.1) is 0 Å². The monoisotopic (exact) mass is 223 g/mol. The average molecular weight is 223 g/mol. The molecule has 3 heteroatoms. The van der Waals surface area contributed by atoms with Gasteiger partial charge in [0.25, 0.3) is 0 Å². The van der Waals surface area contributed by atoms with Crippen LogP contribution in [0.4, 0.5) is 0 Å². The van der Waals surface area contributed by atoms with Crippen LogP contribution in [0.1, 0.15) is 5.56 Å². The van der Waals surface area contributed by atoms with Crippen molar-refractivity contribution in [1.82, 2.24) is 10.0 Å². The van der Waals surface area contributed by atoms with E-state index in [9.17, 15) is 5.21 Å². The number of hydrogen-bond acceptors (Lipinski definition) is 2. The van der Waals surface area contributed by atoms with E-state index in [1.54, 1.807) is 0 Å². The zero-order valence-electron chi connectivity index (χ0n) is 9.13. The summed E-state index contributed by atoms with van der Waals surface area (Å²) in [6, 6.07) is 7.67. The molecule has 3 rings (SSSR count). The lowest BCUT2D eigenvalue weighted by Crippen LogP contribution is -2.04. The summed E-state index contributed by atoms with van der Waals surface area (Å²) >= 11 is 0. The van der Waals surface area contributed by atoms with Crippen LogP contribution < -0.4 is 5.32 Å². The maximum atomic E-state index is 11.8. The summed E-state index contributed by atoms with van der Waals surface area (Å²) < 4.78 is 0.908. The summed E-state index contributed by atoms with van der Waals surface area (Å²) in [5.41, 5.74) is 2.55. The van der Waals surface area contributed by atoms with Crippen LogP contribution in [0.2, 0.25) is 0 Å². The zero-order chi connectivity index (χ0) is 11.7.